The molecule has 2 fully saturated rings. The maximum Gasteiger partial charge on any atom is 0.120 e. The minimum Gasteiger partial charge on any atom is -0.508 e. The normalized spacial score (nSPS) is 23.0. The van der Waals surface area contributed by atoms with E-state index in [2.05, 4.69) is 10.2 Å². The van der Waals surface area contributed by atoms with Gasteiger partial charge in [-0.25, -0.2) is 0 Å². The fourth-order valence-corrected chi connectivity index (χ4v) is 3.94. The van der Waals surface area contributed by atoms with Gasteiger partial charge in [0.25, 0.3) is 0 Å². The van der Waals surface area contributed by atoms with Gasteiger partial charge in [0.1, 0.15) is 11.5 Å². The highest BCUT2D eigenvalue weighted by Gasteiger charge is 2.32. The van der Waals surface area contributed by atoms with Crippen LogP contribution in [0.4, 0.5) is 0 Å². The van der Waals surface area contributed by atoms with Crippen molar-refractivity contribution in [2.75, 3.05) is 26.2 Å². The number of hydrogen-bond donors (Lipinski definition) is 3. The second-order valence-electron chi connectivity index (χ2n) is 6.37. The van der Waals surface area contributed by atoms with E-state index < -0.39 is 0 Å². The van der Waals surface area contributed by atoms with E-state index in [9.17, 15) is 10.2 Å². The van der Waals surface area contributed by atoms with Crippen LogP contribution in [0.2, 0.25) is 0 Å². The van der Waals surface area contributed by atoms with Crippen LogP contribution in [0.1, 0.15) is 43.7 Å². The van der Waals surface area contributed by atoms with Gasteiger partial charge in [0.05, 0.1) is 0 Å². The van der Waals surface area contributed by atoms with E-state index in [-0.39, 0.29) is 11.8 Å². The standard InChI is InChI=1S/C17H26N2O2/c20-14-6-7-16(21)15(12-14)17(13-4-2-1-3-5-13)19-10-8-18-9-11-19/h6-7,12-13,17-18,20-21H,1-5,8-11H2/t17-/m1/s1. The summed E-state index contributed by atoms with van der Waals surface area (Å²) in [6, 6.07) is 5.19. The van der Waals surface area contributed by atoms with E-state index >= 15 is 0 Å². The zero-order chi connectivity index (χ0) is 14.7. The molecule has 1 atom stereocenters. The van der Waals surface area contributed by atoms with Crippen molar-refractivity contribution in [2.24, 2.45) is 5.92 Å². The molecule has 1 saturated carbocycles. The maximum absolute atomic E-state index is 10.3. The molecular formula is C17H26N2O2. The monoisotopic (exact) mass is 290 g/mol. The van der Waals surface area contributed by atoms with Crippen molar-refractivity contribution in [1.29, 1.82) is 0 Å². The first-order chi connectivity index (χ1) is 10.3. The Hall–Kier alpha value is -1.26. The third kappa shape index (κ3) is 3.33. The number of phenolic OH excluding ortho intramolecular Hbond substituents is 2. The lowest BCUT2D eigenvalue weighted by Gasteiger charge is -2.41. The van der Waals surface area contributed by atoms with E-state index in [4.69, 9.17) is 0 Å². The van der Waals surface area contributed by atoms with E-state index in [1.165, 1.54) is 32.1 Å². The van der Waals surface area contributed by atoms with E-state index in [0.29, 0.717) is 11.7 Å². The molecule has 0 aromatic heterocycles. The first kappa shape index (κ1) is 14.7. The quantitative estimate of drug-likeness (QED) is 0.749. The van der Waals surface area contributed by atoms with Gasteiger partial charge in [-0.1, -0.05) is 19.3 Å². The molecule has 0 radical (unpaired) electrons. The van der Waals surface area contributed by atoms with Gasteiger partial charge in [0, 0.05) is 37.8 Å². The number of benzene rings is 1. The second-order valence-corrected chi connectivity index (χ2v) is 6.37. The molecule has 1 aliphatic carbocycles. The minimum atomic E-state index is 0.236. The molecule has 3 rings (SSSR count). The Bertz CT molecular complexity index is 448. The van der Waals surface area contributed by atoms with Crippen LogP contribution < -0.4 is 5.32 Å². The van der Waals surface area contributed by atoms with Crippen LogP contribution in [0.15, 0.2) is 18.2 Å². The first-order valence-corrected chi connectivity index (χ1v) is 8.22. The van der Waals surface area contributed by atoms with Crippen molar-refractivity contribution >= 4 is 0 Å². The number of aromatic hydroxyl groups is 2. The Labute approximate surface area is 126 Å². The van der Waals surface area contributed by atoms with E-state index in [1.54, 1.807) is 18.2 Å². The minimum absolute atomic E-state index is 0.236. The Morgan fingerprint density at radius 1 is 1.05 bits per heavy atom. The summed E-state index contributed by atoms with van der Waals surface area (Å²) in [5, 5.41) is 23.6. The van der Waals surface area contributed by atoms with Crippen LogP contribution in [0.5, 0.6) is 11.5 Å². The molecule has 3 N–H and O–H groups in total. The lowest BCUT2D eigenvalue weighted by molar-refractivity contribution is 0.101. The lowest BCUT2D eigenvalue weighted by Crippen LogP contribution is -2.47. The van der Waals surface area contributed by atoms with Crippen molar-refractivity contribution in [2.45, 2.75) is 38.1 Å². The highest BCUT2D eigenvalue weighted by atomic mass is 16.3. The average Bonchev–Trinajstić information content (AvgIpc) is 2.53. The summed E-state index contributed by atoms with van der Waals surface area (Å²) in [7, 11) is 0. The summed E-state index contributed by atoms with van der Waals surface area (Å²) >= 11 is 0. The molecule has 0 spiro atoms. The summed E-state index contributed by atoms with van der Waals surface area (Å²) in [6.07, 6.45) is 6.35. The zero-order valence-electron chi connectivity index (χ0n) is 12.6. The molecule has 0 amide bonds. The Morgan fingerprint density at radius 3 is 2.48 bits per heavy atom. The van der Waals surface area contributed by atoms with Gasteiger partial charge >= 0.3 is 0 Å². The van der Waals surface area contributed by atoms with Gasteiger partial charge in [0.2, 0.25) is 0 Å². The van der Waals surface area contributed by atoms with Crippen LogP contribution in [0, 0.1) is 5.92 Å². The first-order valence-electron chi connectivity index (χ1n) is 8.22. The number of hydrogen-bond acceptors (Lipinski definition) is 4. The topological polar surface area (TPSA) is 55.7 Å². The molecule has 1 aromatic carbocycles. The van der Waals surface area contributed by atoms with E-state index in [0.717, 1.165) is 31.7 Å². The number of phenols is 2. The van der Waals surface area contributed by atoms with Gasteiger partial charge in [-0.3, -0.25) is 4.90 Å². The number of piperazine rings is 1. The van der Waals surface area contributed by atoms with Gasteiger partial charge < -0.3 is 15.5 Å². The van der Waals surface area contributed by atoms with Crippen molar-refractivity contribution in [3.05, 3.63) is 23.8 Å². The third-order valence-electron chi connectivity index (χ3n) is 4.97. The summed E-state index contributed by atoms with van der Waals surface area (Å²) in [5.41, 5.74) is 0.906. The summed E-state index contributed by atoms with van der Waals surface area (Å²) < 4.78 is 0. The second kappa shape index (κ2) is 6.67. The van der Waals surface area contributed by atoms with Gasteiger partial charge in [-0.2, -0.15) is 0 Å². The molecule has 1 aliphatic heterocycles. The molecule has 1 heterocycles. The molecule has 1 saturated heterocycles. The average molecular weight is 290 g/mol. The molecule has 0 unspecified atom stereocenters. The molecular weight excluding hydrogens is 264 g/mol. The molecule has 2 aliphatic rings. The fourth-order valence-electron chi connectivity index (χ4n) is 3.94. The summed E-state index contributed by atoms with van der Waals surface area (Å²) in [6.45, 7) is 4.03. The number of rotatable bonds is 3. The van der Waals surface area contributed by atoms with Crippen LogP contribution >= 0.6 is 0 Å². The highest BCUT2D eigenvalue weighted by Crippen LogP contribution is 2.42. The number of nitrogens with one attached hydrogen (secondary N) is 1. The van der Waals surface area contributed by atoms with Crippen LogP contribution in [-0.2, 0) is 0 Å². The van der Waals surface area contributed by atoms with Crippen LogP contribution in [0.3, 0.4) is 0 Å². The third-order valence-corrected chi connectivity index (χ3v) is 4.97. The van der Waals surface area contributed by atoms with Crippen molar-refractivity contribution < 1.29 is 10.2 Å². The van der Waals surface area contributed by atoms with Gasteiger partial charge in [-0.05, 0) is 37.0 Å². The van der Waals surface area contributed by atoms with Crippen LogP contribution in [0.25, 0.3) is 0 Å². The fraction of sp³-hybridized carbons (Fsp3) is 0.647. The zero-order valence-corrected chi connectivity index (χ0v) is 12.6. The van der Waals surface area contributed by atoms with Crippen molar-refractivity contribution in [3.63, 3.8) is 0 Å². The molecule has 1 aromatic rings. The molecule has 4 nitrogen and oxygen atoms in total. The predicted molar refractivity (Wildman–Crippen MR) is 83.5 cm³/mol. The molecule has 0 bridgehead atoms. The Morgan fingerprint density at radius 2 is 1.76 bits per heavy atom. The summed E-state index contributed by atoms with van der Waals surface area (Å²) in [4.78, 5) is 2.49. The molecule has 116 valence electrons. The maximum atomic E-state index is 10.3. The summed E-state index contributed by atoms with van der Waals surface area (Å²) in [5.74, 6) is 1.16. The lowest BCUT2D eigenvalue weighted by atomic mass is 9.80. The van der Waals surface area contributed by atoms with Crippen molar-refractivity contribution in [1.82, 2.24) is 10.2 Å². The Kier molecular flexibility index (Phi) is 4.66. The van der Waals surface area contributed by atoms with E-state index in [1.807, 2.05) is 0 Å². The van der Waals surface area contributed by atoms with Crippen LogP contribution in [-0.4, -0.2) is 41.3 Å². The van der Waals surface area contributed by atoms with Gasteiger partial charge in [-0.15, -0.1) is 0 Å². The number of nitrogens with zero attached hydrogens (tertiary/aromatic N) is 1. The smallest absolute Gasteiger partial charge is 0.120 e. The molecule has 4 heteroatoms. The van der Waals surface area contributed by atoms with Crippen molar-refractivity contribution in [3.8, 4) is 11.5 Å². The van der Waals surface area contributed by atoms with Gasteiger partial charge in [0.15, 0.2) is 0 Å². The SMILES string of the molecule is Oc1ccc(O)c([C@@H](C2CCCCC2)N2CCNCC2)c1. The molecule has 21 heavy (non-hydrogen) atoms. The highest BCUT2D eigenvalue weighted by molar-refractivity contribution is 5.41. The largest absolute Gasteiger partial charge is 0.508 e. The predicted octanol–water partition coefficient (Wildman–Crippen LogP) is 2.62. The Balaban J connectivity index is 1.91.